The number of terminal acetylenes is 1. The Morgan fingerprint density at radius 2 is 1.95 bits per heavy atom. The van der Waals surface area contributed by atoms with E-state index in [0.717, 1.165) is 5.56 Å². The lowest BCUT2D eigenvalue weighted by Crippen LogP contribution is -2.37. The second-order valence-corrected chi connectivity index (χ2v) is 6.22. The number of aryl methyl sites for hydroxylation is 1. The molecule has 1 unspecified atom stereocenters. The molecule has 0 spiro atoms. The van der Waals surface area contributed by atoms with E-state index < -0.39 is 10.0 Å². The molecule has 1 aromatic rings. The van der Waals surface area contributed by atoms with Crippen LogP contribution in [0.5, 0.6) is 0 Å². The molecule has 19 heavy (non-hydrogen) atoms. The first kappa shape index (κ1) is 15.5. The van der Waals surface area contributed by atoms with Crippen molar-refractivity contribution in [2.24, 2.45) is 0 Å². The SMILES string of the molecule is C#CCN(C(C)/C=C/C)S(=O)(=O)c1ccc(C)cc1. The number of nitrogens with zero attached hydrogens (tertiary/aromatic N) is 1. The van der Waals surface area contributed by atoms with E-state index in [0.29, 0.717) is 0 Å². The minimum Gasteiger partial charge on any atom is -0.207 e. The predicted octanol–water partition coefficient (Wildman–Crippen LogP) is 2.58. The van der Waals surface area contributed by atoms with E-state index in [1.807, 2.05) is 32.9 Å². The molecule has 0 aromatic heterocycles. The Kier molecular flexibility index (Phi) is 5.34. The number of allylic oxidation sites excluding steroid dienone is 1. The number of benzene rings is 1. The molecule has 0 aliphatic heterocycles. The lowest BCUT2D eigenvalue weighted by molar-refractivity contribution is 0.412. The molecule has 0 heterocycles. The zero-order valence-electron chi connectivity index (χ0n) is 11.5. The van der Waals surface area contributed by atoms with Gasteiger partial charge in [-0.15, -0.1) is 6.42 Å². The number of hydrogen-bond donors (Lipinski definition) is 0. The van der Waals surface area contributed by atoms with Gasteiger partial charge in [0.05, 0.1) is 11.4 Å². The van der Waals surface area contributed by atoms with Gasteiger partial charge in [-0.25, -0.2) is 8.42 Å². The van der Waals surface area contributed by atoms with Crippen LogP contribution in [0, 0.1) is 19.3 Å². The minimum atomic E-state index is -3.56. The molecule has 1 aromatic carbocycles. The van der Waals surface area contributed by atoms with Gasteiger partial charge in [0.2, 0.25) is 10.0 Å². The van der Waals surface area contributed by atoms with E-state index in [4.69, 9.17) is 6.42 Å². The summed E-state index contributed by atoms with van der Waals surface area (Å²) in [7, 11) is -3.56. The summed E-state index contributed by atoms with van der Waals surface area (Å²) in [5, 5.41) is 0. The van der Waals surface area contributed by atoms with E-state index in [9.17, 15) is 8.42 Å². The molecule has 4 heteroatoms. The Morgan fingerprint density at radius 1 is 1.37 bits per heavy atom. The van der Waals surface area contributed by atoms with Crippen LogP contribution in [-0.2, 0) is 10.0 Å². The van der Waals surface area contributed by atoms with E-state index in [1.165, 1.54) is 4.31 Å². The largest absolute Gasteiger partial charge is 0.244 e. The van der Waals surface area contributed by atoms with Crippen LogP contribution in [0.25, 0.3) is 0 Å². The zero-order valence-corrected chi connectivity index (χ0v) is 12.3. The Bertz CT molecular complexity index is 580. The Hall–Kier alpha value is -1.57. The van der Waals surface area contributed by atoms with Crippen LogP contribution in [-0.4, -0.2) is 25.3 Å². The van der Waals surface area contributed by atoms with Crippen LogP contribution in [0.3, 0.4) is 0 Å². The fourth-order valence-corrected chi connectivity index (χ4v) is 3.26. The predicted molar refractivity (Wildman–Crippen MR) is 78.2 cm³/mol. The molecule has 3 nitrogen and oxygen atoms in total. The van der Waals surface area contributed by atoms with Gasteiger partial charge >= 0.3 is 0 Å². The van der Waals surface area contributed by atoms with Gasteiger partial charge < -0.3 is 0 Å². The maximum absolute atomic E-state index is 12.5. The van der Waals surface area contributed by atoms with Gasteiger partial charge in [-0.1, -0.05) is 35.8 Å². The van der Waals surface area contributed by atoms with Crippen molar-refractivity contribution >= 4 is 10.0 Å². The quantitative estimate of drug-likeness (QED) is 0.613. The summed E-state index contributed by atoms with van der Waals surface area (Å²) in [4.78, 5) is 0.268. The fraction of sp³-hybridized carbons (Fsp3) is 0.333. The summed E-state index contributed by atoms with van der Waals surface area (Å²) in [6.07, 6.45) is 8.91. The number of rotatable bonds is 5. The van der Waals surface area contributed by atoms with Crippen LogP contribution in [0.2, 0.25) is 0 Å². The molecule has 1 atom stereocenters. The van der Waals surface area contributed by atoms with Crippen molar-refractivity contribution < 1.29 is 8.42 Å². The molecule has 0 fully saturated rings. The Morgan fingerprint density at radius 3 is 2.42 bits per heavy atom. The van der Waals surface area contributed by atoms with Crippen LogP contribution in [0.4, 0.5) is 0 Å². The smallest absolute Gasteiger partial charge is 0.207 e. The standard InChI is InChI=1S/C15H19NO2S/c1-5-7-14(4)16(12-6-2)19(17,18)15-10-8-13(3)9-11-15/h2,5,7-11,14H,12H2,1,3-4H3/b7-5+. The highest BCUT2D eigenvalue weighted by Crippen LogP contribution is 2.19. The molecule has 0 saturated heterocycles. The van der Waals surface area contributed by atoms with Crippen LogP contribution >= 0.6 is 0 Å². The molecular weight excluding hydrogens is 258 g/mol. The van der Waals surface area contributed by atoms with E-state index >= 15 is 0 Å². The molecule has 0 saturated carbocycles. The van der Waals surface area contributed by atoms with Crippen molar-refractivity contribution in [1.29, 1.82) is 0 Å². The minimum absolute atomic E-state index is 0.0573. The molecule has 0 amide bonds. The molecule has 0 aliphatic rings. The maximum atomic E-state index is 12.5. The van der Waals surface area contributed by atoms with E-state index in [-0.39, 0.29) is 17.5 Å². The van der Waals surface area contributed by atoms with Crippen molar-refractivity contribution in [3.8, 4) is 12.3 Å². The highest BCUT2D eigenvalue weighted by atomic mass is 32.2. The topological polar surface area (TPSA) is 37.4 Å². The van der Waals surface area contributed by atoms with Gasteiger partial charge in [0.1, 0.15) is 0 Å². The average Bonchev–Trinajstić information content (AvgIpc) is 2.36. The lowest BCUT2D eigenvalue weighted by Gasteiger charge is -2.24. The van der Waals surface area contributed by atoms with Crippen molar-refractivity contribution in [2.75, 3.05) is 6.54 Å². The van der Waals surface area contributed by atoms with Crippen molar-refractivity contribution in [3.05, 3.63) is 42.0 Å². The van der Waals surface area contributed by atoms with E-state index in [2.05, 4.69) is 5.92 Å². The van der Waals surface area contributed by atoms with Crippen molar-refractivity contribution in [1.82, 2.24) is 4.31 Å². The van der Waals surface area contributed by atoms with Gasteiger partial charge in [0.15, 0.2) is 0 Å². The summed E-state index contributed by atoms with van der Waals surface area (Å²) in [5.74, 6) is 2.41. The number of hydrogen-bond acceptors (Lipinski definition) is 2. The first-order valence-electron chi connectivity index (χ1n) is 6.08. The first-order chi connectivity index (χ1) is 8.93. The first-order valence-corrected chi connectivity index (χ1v) is 7.52. The van der Waals surface area contributed by atoms with Gasteiger partial charge in [-0.2, -0.15) is 4.31 Å². The van der Waals surface area contributed by atoms with Crippen molar-refractivity contribution in [3.63, 3.8) is 0 Å². The van der Waals surface area contributed by atoms with E-state index in [1.54, 1.807) is 24.3 Å². The van der Waals surface area contributed by atoms with Gasteiger partial charge in [-0.3, -0.25) is 0 Å². The molecule has 0 N–H and O–H groups in total. The molecule has 102 valence electrons. The fourth-order valence-electron chi connectivity index (χ4n) is 1.76. The number of sulfonamides is 1. The van der Waals surface area contributed by atoms with Gasteiger partial charge in [0, 0.05) is 6.04 Å². The second-order valence-electron chi connectivity index (χ2n) is 4.33. The third-order valence-corrected chi connectivity index (χ3v) is 4.75. The van der Waals surface area contributed by atoms with Crippen molar-refractivity contribution in [2.45, 2.75) is 31.7 Å². The molecule has 1 rings (SSSR count). The normalized spacial score (nSPS) is 13.6. The molecule has 0 bridgehead atoms. The highest BCUT2D eigenvalue weighted by Gasteiger charge is 2.26. The maximum Gasteiger partial charge on any atom is 0.244 e. The summed E-state index contributed by atoms with van der Waals surface area (Å²) in [6, 6.07) is 6.50. The lowest BCUT2D eigenvalue weighted by atomic mass is 10.2. The molecular formula is C15H19NO2S. The van der Waals surface area contributed by atoms with Crippen LogP contribution in [0.1, 0.15) is 19.4 Å². The average molecular weight is 277 g/mol. The summed E-state index contributed by atoms with van der Waals surface area (Å²) >= 11 is 0. The second kappa shape index (κ2) is 6.55. The molecule has 0 aliphatic carbocycles. The third kappa shape index (κ3) is 3.69. The summed E-state index contributed by atoms with van der Waals surface area (Å²) in [6.45, 7) is 5.63. The monoisotopic (exact) mass is 277 g/mol. The van der Waals surface area contributed by atoms with Gasteiger partial charge in [-0.05, 0) is 32.9 Å². The van der Waals surface area contributed by atoms with Crippen LogP contribution < -0.4 is 0 Å². The van der Waals surface area contributed by atoms with Gasteiger partial charge in [0.25, 0.3) is 0 Å². The Labute approximate surface area is 116 Å². The summed E-state index contributed by atoms with van der Waals surface area (Å²) in [5.41, 5.74) is 1.02. The van der Waals surface area contributed by atoms with Crippen LogP contribution in [0.15, 0.2) is 41.3 Å². The Balaban J connectivity index is 3.20. The zero-order chi connectivity index (χ0) is 14.5. The highest BCUT2D eigenvalue weighted by molar-refractivity contribution is 7.89. The third-order valence-electron chi connectivity index (χ3n) is 2.80. The molecule has 0 radical (unpaired) electrons. The summed E-state index contributed by atoms with van der Waals surface area (Å²) < 4.78 is 26.4.